The van der Waals surface area contributed by atoms with Crippen LogP contribution in [0.15, 0.2) is 60.8 Å². The van der Waals surface area contributed by atoms with Crippen molar-refractivity contribution in [3.8, 4) is 11.5 Å². The average Bonchev–Trinajstić information content (AvgIpc) is 2.71. The molecule has 7 nitrogen and oxygen atoms in total. The molecule has 27 heavy (non-hydrogen) atoms. The average molecular weight is 365 g/mol. The zero-order valence-electron chi connectivity index (χ0n) is 14.8. The highest BCUT2D eigenvalue weighted by atomic mass is 16.5. The molecule has 0 spiro atoms. The number of carbonyl (C=O) groups excluding carboxylic acids is 2. The molecule has 0 aliphatic rings. The molecule has 0 aliphatic carbocycles. The van der Waals surface area contributed by atoms with Gasteiger partial charge in [0.25, 0.3) is 11.8 Å². The van der Waals surface area contributed by atoms with Crippen LogP contribution in [0.3, 0.4) is 0 Å². The van der Waals surface area contributed by atoms with Crippen molar-refractivity contribution in [2.45, 2.75) is 6.92 Å². The van der Waals surface area contributed by atoms with Crippen LogP contribution >= 0.6 is 0 Å². The van der Waals surface area contributed by atoms with E-state index in [9.17, 15) is 9.59 Å². The van der Waals surface area contributed by atoms with Gasteiger partial charge in [-0.05, 0) is 37.3 Å². The van der Waals surface area contributed by atoms with Crippen LogP contribution in [-0.4, -0.2) is 30.0 Å². The zero-order chi connectivity index (χ0) is 19.1. The van der Waals surface area contributed by atoms with Gasteiger partial charge in [0.2, 0.25) is 0 Å². The molecule has 3 rings (SSSR count). The molecule has 7 heteroatoms. The first-order chi connectivity index (χ1) is 13.2. The lowest BCUT2D eigenvalue weighted by atomic mass is 10.1. The molecule has 2 N–H and O–H groups in total. The fourth-order valence-corrected chi connectivity index (χ4v) is 2.52. The highest BCUT2D eigenvalue weighted by Crippen LogP contribution is 2.26. The van der Waals surface area contributed by atoms with E-state index in [1.807, 2.05) is 19.1 Å². The topological polar surface area (TPSA) is 89.5 Å². The van der Waals surface area contributed by atoms with Crippen molar-refractivity contribution in [1.29, 1.82) is 0 Å². The fourth-order valence-electron chi connectivity index (χ4n) is 2.52. The van der Waals surface area contributed by atoms with E-state index >= 15 is 0 Å². The molecular formula is C20H19N3O4. The minimum atomic E-state index is -0.493. The molecule has 0 fully saturated rings. The molecule has 0 bridgehead atoms. The predicted octanol–water partition coefficient (Wildman–Crippen LogP) is 2.47. The number of hydrogen-bond donors (Lipinski definition) is 2. The monoisotopic (exact) mass is 365 g/mol. The van der Waals surface area contributed by atoms with Crippen molar-refractivity contribution in [1.82, 2.24) is 15.8 Å². The number of amides is 2. The maximum Gasteiger partial charge on any atom is 0.276 e. The van der Waals surface area contributed by atoms with Crippen LogP contribution in [0.25, 0.3) is 10.9 Å². The van der Waals surface area contributed by atoms with E-state index in [4.69, 9.17) is 9.47 Å². The summed E-state index contributed by atoms with van der Waals surface area (Å²) in [7, 11) is 0. The Hall–Kier alpha value is -3.61. The summed E-state index contributed by atoms with van der Waals surface area (Å²) < 4.78 is 10.9. The van der Waals surface area contributed by atoms with Crippen LogP contribution in [0.2, 0.25) is 0 Å². The number of hydrazine groups is 1. The van der Waals surface area contributed by atoms with Crippen molar-refractivity contribution in [3.63, 3.8) is 0 Å². The van der Waals surface area contributed by atoms with Crippen molar-refractivity contribution in [3.05, 3.63) is 66.4 Å². The Morgan fingerprint density at radius 3 is 2.48 bits per heavy atom. The van der Waals surface area contributed by atoms with Gasteiger partial charge in [-0.3, -0.25) is 25.4 Å². The lowest BCUT2D eigenvalue weighted by Crippen LogP contribution is -2.43. The van der Waals surface area contributed by atoms with Gasteiger partial charge in [0.15, 0.2) is 18.1 Å². The van der Waals surface area contributed by atoms with E-state index in [0.29, 0.717) is 34.6 Å². The van der Waals surface area contributed by atoms with Gasteiger partial charge in [0.1, 0.15) is 0 Å². The number of carbonyl (C=O) groups is 2. The van der Waals surface area contributed by atoms with Crippen molar-refractivity contribution < 1.29 is 19.1 Å². The zero-order valence-corrected chi connectivity index (χ0v) is 14.8. The summed E-state index contributed by atoms with van der Waals surface area (Å²) in [6.45, 7) is 2.09. The van der Waals surface area contributed by atoms with Crippen molar-refractivity contribution >= 4 is 22.7 Å². The van der Waals surface area contributed by atoms with Gasteiger partial charge in [0.05, 0.1) is 17.7 Å². The van der Waals surface area contributed by atoms with E-state index in [1.54, 1.807) is 48.7 Å². The number of nitrogens with one attached hydrogen (secondary N) is 2. The first kappa shape index (κ1) is 18.2. The quantitative estimate of drug-likeness (QED) is 0.655. The summed E-state index contributed by atoms with van der Waals surface area (Å²) in [6, 6.07) is 15.8. The highest BCUT2D eigenvalue weighted by molar-refractivity contribution is 6.06. The molecule has 0 aliphatic heterocycles. The lowest BCUT2D eigenvalue weighted by Gasteiger charge is -2.12. The Bertz CT molecular complexity index is 953. The Labute approximate surface area is 156 Å². The maximum atomic E-state index is 12.4. The number of pyridine rings is 1. The molecule has 0 saturated heterocycles. The lowest BCUT2D eigenvalue weighted by molar-refractivity contribution is -0.123. The number of fused-ring (bicyclic) bond motifs is 1. The number of aromatic nitrogens is 1. The van der Waals surface area contributed by atoms with Crippen LogP contribution in [0.5, 0.6) is 11.5 Å². The second-order valence-corrected chi connectivity index (χ2v) is 5.55. The molecule has 138 valence electrons. The van der Waals surface area contributed by atoms with Crippen LogP contribution in [0.1, 0.15) is 17.3 Å². The molecule has 0 unspecified atom stereocenters. The first-order valence-electron chi connectivity index (χ1n) is 8.46. The normalized spacial score (nSPS) is 10.3. The van der Waals surface area contributed by atoms with Crippen LogP contribution in [-0.2, 0) is 4.79 Å². The van der Waals surface area contributed by atoms with Gasteiger partial charge in [-0.2, -0.15) is 0 Å². The minimum Gasteiger partial charge on any atom is -0.490 e. The van der Waals surface area contributed by atoms with Gasteiger partial charge in [-0.15, -0.1) is 0 Å². The molecule has 3 aromatic rings. The van der Waals surface area contributed by atoms with Crippen molar-refractivity contribution in [2.75, 3.05) is 13.2 Å². The molecule has 2 amide bonds. The molecule has 0 saturated carbocycles. The first-order valence-corrected chi connectivity index (χ1v) is 8.46. The van der Waals surface area contributed by atoms with E-state index in [-0.39, 0.29) is 6.61 Å². The third-order valence-electron chi connectivity index (χ3n) is 3.71. The number of rotatable bonds is 6. The Morgan fingerprint density at radius 2 is 1.70 bits per heavy atom. The van der Waals surface area contributed by atoms with Crippen LogP contribution < -0.4 is 20.3 Å². The second-order valence-electron chi connectivity index (χ2n) is 5.55. The number of para-hydroxylation sites is 2. The Balaban J connectivity index is 1.57. The van der Waals surface area contributed by atoms with Gasteiger partial charge in [0, 0.05) is 11.6 Å². The third-order valence-corrected chi connectivity index (χ3v) is 3.71. The summed E-state index contributed by atoms with van der Waals surface area (Å²) in [5.41, 5.74) is 5.85. The van der Waals surface area contributed by atoms with Gasteiger partial charge in [-0.1, -0.05) is 24.3 Å². The summed E-state index contributed by atoms with van der Waals surface area (Å²) in [4.78, 5) is 28.5. The largest absolute Gasteiger partial charge is 0.490 e. The molecular weight excluding hydrogens is 346 g/mol. The smallest absolute Gasteiger partial charge is 0.276 e. The SMILES string of the molecule is CCOc1ccccc1OCC(=O)NNC(=O)c1cccc2ncccc12. The van der Waals surface area contributed by atoms with E-state index in [0.717, 1.165) is 0 Å². The van der Waals surface area contributed by atoms with Gasteiger partial charge < -0.3 is 9.47 Å². The third kappa shape index (κ3) is 4.52. The molecule has 0 radical (unpaired) electrons. The fraction of sp³-hybridized carbons (Fsp3) is 0.150. The van der Waals surface area contributed by atoms with E-state index < -0.39 is 11.8 Å². The standard InChI is InChI=1S/C20H19N3O4/c1-2-26-17-10-3-4-11-18(17)27-13-19(24)22-23-20(25)15-7-5-9-16-14(15)8-6-12-21-16/h3-12H,2,13H2,1H3,(H,22,24)(H,23,25). The summed E-state index contributed by atoms with van der Waals surface area (Å²) >= 11 is 0. The molecule has 1 aromatic heterocycles. The number of benzene rings is 2. The predicted molar refractivity (Wildman–Crippen MR) is 100 cm³/mol. The van der Waals surface area contributed by atoms with Crippen LogP contribution in [0, 0.1) is 0 Å². The molecule has 0 atom stereocenters. The van der Waals surface area contributed by atoms with Crippen LogP contribution in [0.4, 0.5) is 0 Å². The molecule has 2 aromatic carbocycles. The number of ether oxygens (including phenoxy) is 2. The summed E-state index contributed by atoms with van der Waals surface area (Å²) in [5, 5.41) is 0.702. The Kier molecular flexibility index (Phi) is 5.84. The van der Waals surface area contributed by atoms with Crippen molar-refractivity contribution in [2.24, 2.45) is 0 Å². The van der Waals surface area contributed by atoms with Gasteiger partial charge >= 0.3 is 0 Å². The number of hydrogen-bond acceptors (Lipinski definition) is 5. The Morgan fingerprint density at radius 1 is 0.926 bits per heavy atom. The van der Waals surface area contributed by atoms with E-state index in [2.05, 4.69) is 15.8 Å². The maximum absolute atomic E-state index is 12.4. The summed E-state index contributed by atoms with van der Waals surface area (Å²) in [6.07, 6.45) is 1.66. The summed E-state index contributed by atoms with van der Waals surface area (Å²) in [5.74, 6) is 0.0886. The number of nitrogens with zero attached hydrogens (tertiary/aromatic N) is 1. The molecule has 1 heterocycles. The van der Waals surface area contributed by atoms with Gasteiger partial charge in [-0.25, -0.2) is 0 Å². The highest BCUT2D eigenvalue weighted by Gasteiger charge is 2.12. The second kappa shape index (κ2) is 8.66. The van der Waals surface area contributed by atoms with E-state index in [1.165, 1.54) is 0 Å². The minimum absolute atomic E-state index is 0.262.